The maximum absolute atomic E-state index is 12.6. The van der Waals surface area contributed by atoms with E-state index < -0.39 is 0 Å². The Morgan fingerprint density at radius 3 is 2.44 bits per heavy atom. The number of anilines is 1. The van der Waals surface area contributed by atoms with Crippen LogP contribution in [0.15, 0.2) is 47.6 Å². The highest BCUT2D eigenvalue weighted by atomic mass is 35.5. The third-order valence-electron chi connectivity index (χ3n) is 4.88. The summed E-state index contributed by atoms with van der Waals surface area (Å²) in [5.41, 5.74) is 2.95. The first kappa shape index (κ1) is 24.1. The van der Waals surface area contributed by atoms with Crippen molar-refractivity contribution < 1.29 is 9.53 Å². The molecule has 1 N–H and O–H groups in total. The summed E-state index contributed by atoms with van der Waals surface area (Å²) in [6.07, 6.45) is -0.348. The van der Waals surface area contributed by atoms with Crippen LogP contribution in [0.2, 0.25) is 5.02 Å². The van der Waals surface area contributed by atoms with Crippen LogP contribution in [0.25, 0.3) is 0 Å². The first-order chi connectivity index (χ1) is 15.3. The van der Waals surface area contributed by atoms with Gasteiger partial charge in [-0.15, -0.1) is 10.2 Å². The second-order valence-electron chi connectivity index (χ2n) is 8.14. The summed E-state index contributed by atoms with van der Waals surface area (Å²) >= 11 is 7.61. The molecule has 0 spiro atoms. The molecular weight excluding hydrogens is 444 g/mol. The van der Waals surface area contributed by atoms with Crippen LogP contribution in [-0.2, 0) is 11.3 Å². The predicted octanol–water partition coefficient (Wildman–Crippen LogP) is 6.08. The summed E-state index contributed by atoms with van der Waals surface area (Å²) < 4.78 is 8.08. The molecule has 0 aliphatic heterocycles. The molecule has 0 saturated carbocycles. The Morgan fingerprint density at radius 1 is 1.09 bits per heavy atom. The van der Waals surface area contributed by atoms with E-state index in [1.807, 2.05) is 61.7 Å². The molecule has 1 unspecified atom stereocenters. The van der Waals surface area contributed by atoms with Crippen molar-refractivity contribution in [2.75, 3.05) is 11.1 Å². The molecule has 170 valence electrons. The molecular formula is C24H29ClN4O2S. The first-order valence-corrected chi connectivity index (χ1v) is 12.0. The van der Waals surface area contributed by atoms with E-state index in [9.17, 15) is 4.79 Å². The number of aryl methyl sites for hydroxylation is 2. The number of hydrogen-bond acceptors (Lipinski definition) is 5. The second kappa shape index (κ2) is 10.9. The molecule has 1 amide bonds. The highest BCUT2D eigenvalue weighted by Gasteiger charge is 2.22. The van der Waals surface area contributed by atoms with Crippen molar-refractivity contribution in [3.8, 4) is 5.75 Å². The molecule has 0 aliphatic carbocycles. The van der Waals surface area contributed by atoms with Crippen LogP contribution < -0.4 is 10.1 Å². The third kappa shape index (κ3) is 6.04. The van der Waals surface area contributed by atoms with Gasteiger partial charge in [0.1, 0.15) is 5.75 Å². The summed E-state index contributed by atoms with van der Waals surface area (Å²) in [5, 5.41) is 13.0. The quantitative estimate of drug-likeness (QED) is 0.382. The normalized spacial score (nSPS) is 12.1. The molecule has 3 aromatic rings. The Bertz CT molecular complexity index is 1060. The molecule has 0 saturated heterocycles. The van der Waals surface area contributed by atoms with Crippen molar-refractivity contribution in [1.82, 2.24) is 14.8 Å². The number of thioether (sulfide) groups is 1. The minimum atomic E-state index is -0.348. The number of para-hydroxylation sites is 2. The van der Waals surface area contributed by atoms with Crippen LogP contribution in [-0.4, -0.2) is 26.4 Å². The van der Waals surface area contributed by atoms with Crippen LogP contribution in [0, 0.1) is 19.8 Å². The van der Waals surface area contributed by atoms with E-state index in [1.54, 1.807) is 6.07 Å². The minimum absolute atomic E-state index is 0.0755. The van der Waals surface area contributed by atoms with E-state index >= 15 is 0 Å². The molecule has 0 fully saturated rings. The topological polar surface area (TPSA) is 69.0 Å². The van der Waals surface area contributed by atoms with Crippen molar-refractivity contribution in [2.45, 2.75) is 52.4 Å². The maximum atomic E-state index is 12.6. The lowest BCUT2D eigenvalue weighted by molar-refractivity contribution is -0.113. The summed E-state index contributed by atoms with van der Waals surface area (Å²) in [6, 6.07) is 13.3. The smallest absolute Gasteiger partial charge is 0.234 e. The van der Waals surface area contributed by atoms with Gasteiger partial charge < -0.3 is 14.6 Å². The van der Waals surface area contributed by atoms with Gasteiger partial charge in [0.05, 0.1) is 10.8 Å². The fourth-order valence-electron chi connectivity index (χ4n) is 3.34. The lowest BCUT2D eigenvalue weighted by Gasteiger charge is -2.18. The number of nitrogens with one attached hydrogen (secondary N) is 1. The van der Waals surface area contributed by atoms with Crippen molar-refractivity contribution in [3.05, 3.63) is 64.4 Å². The van der Waals surface area contributed by atoms with Gasteiger partial charge in [-0.1, -0.05) is 67.5 Å². The van der Waals surface area contributed by atoms with E-state index in [4.69, 9.17) is 16.3 Å². The van der Waals surface area contributed by atoms with Gasteiger partial charge in [-0.25, -0.2) is 0 Å². The number of benzene rings is 2. The molecule has 8 heteroatoms. The van der Waals surface area contributed by atoms with Gasteiger partial charge in [-0.05, 0) is 49.9 Å². The molecule has 1 aromatic heterocycles. The molecule has 0 aliphatic rings. The number of halogens is 1. The number of rotatable bonds is 9. The van der Waals surface area contributed by atoms with E-state index in [2.05, 4.69) is 29.4 Å². The third-order valence-corrected chi connectivity index (χ3v) is 6.15. The molecule has 1 atom stereocenters. The largest absolute Gasteiger partial charge is 0.481 e. The van der Waals surface area contributed by atoms with Gasteiger partial charge in [-0.2, -0.15) is 0 Å². The fourth-order valence-corrected chi connectivity index (χ4v) is 4.28. The second-order valence-corrected chi connectivity index (χ2v) is 9.49. The van der Waals surface area contributed by atoms with Gasteiger partial charge in [0.2, 0.25) is 5.91 Å². The van der Waals surface area contributed by atoms with Gasteiger partial charge in [0.25, 0.3) is 0 Å². The van der Waals surface area contributed by atoms with Crippen LogP contribution in [0.5, 0.6) is 5.75 Å². The first-order valence-electron chi connectivity index (χ1n) is 10.6. The minimum Gasteiger partial charge on any atom is -0.481 e. The van der Waals surface area contributed by atoms with Gasteiger partial charge in [-0.3, -0.25) is 4.79 Å². The maximum Gasteiger partial charge on any atom is 0.234 e. The highest BCUT2D eigenvalue weighted by molar-refractivity contribution is 7.99. The number of carbonyl (C=O) groups is 1. The number of amides is 1. The Morgan fingerprint density at radius 2 is 1.78 bits per heavy atom. The number of aromatic nitrogens is 3. The van der Waals surface area contributed by atoms with Crippen molar-refractivity contribution in [3.63, 3.8) is 0 Å². The van der Waals surface area contributed by atoms with Crippen LogP contribution >= 0.6 is 23.4 Å². The predicted molar refractivity (Wildman–Crippen MR) is 131 cm³/mol. The summed E-state index contributed by atoms with van der Waals surface area (Å²) in [7, 11) is 0. The molecule has 3 rings (SSSR count). The van der Waals surface area contributed by atoms with Crippen LogP contribution in [0.3, 0.4) is 0 Å². The Hall–Kier alpha value is -2.51. The summed E-state index contributed by atoms with van der Waals surface area (Å²) in [4.78, 5) is 12.6. The summed E-state index contributed by atoms with van der Waals surface area (Å²) in [5.74, 6) is 1.84. The number of ether oxygens (including phenoxy) is 1. The van der Waals surface area contributed by atoms with Crippen LogP contribution in [0.1, 0.15) is 43.8 Å². The fraction of sp³-hybridized carbons (Fsp3) is 0.375. The van der Waals surface area contributed by atoms with Crippen LogP contribution in [0.4, 0.5) is 5.69 Å². The SMILES string of the molecule is Cc1cccc(C)c1NC(=O)CSc1nnc(C(C)Oc2ccccc2Cl)n1CC(C)C. The zero-order chi connectivity index (χ0) is 23.3. The Balaban J connectivity index is 1.73. The lowest BCUT2D eigenvalue weighted by atomic mass is 10.1. The van der Waals surface area contributed by atoms with E-state index in [1.165, 1.54) is 11.8 Å². The number of carbonyl (C=O) groups excluding carboxylic acids is 1. The van der Waals surface area contributed by atoms with Gasteiger partial charge in [0.15, 0.2) is 17.1 Å². The molecule has 6 nitrogen and oxygen atoms in total. The average Bonchev–Trinajstić information content (AvgIpc) is 3.13. The molecule has 32 heavy (non-hydrogen) atoms. The van der Waals surface area contributed by atoms with Crippen molar-refractivity contribution >= 4 is 35.0 Å². The standard InChI is InChI=1S/C24H29ClN4O2S/c1-15(2)13-29-23(18(5)31-20-12-7-6-11-19(20)25)27-28-24(29)32-14-21(30)26-22-16(3)9-8-10-17(22)4/h6-12,15,18H,13-14H2,1-5H3,(H,26,30). The van der Waals surface area contributed by atoms with E-state index in [-0.39, 0.29) is 17.8 Å². The Labute approximate surface area is 198 Å². The van der Waals surface area contributed by atoms with E-state index in [0.717, 1.165) is 23.4 Å². The molecule has 0 radical (unpaired) electrons. The zero-order valence-corrected chi connectivity index (χ0v) is 20.6. The summed E-state index contributed by atoms with van der Waals surface area (Å²) in [6.45, 7) is 10.9. The zero-order valence-electron chi connectivity index (χ0n) is 19.1. The van der Waals surface area contributed by atoms with E-state index in [0.29, 0.717) is 27.7 Å². The molecule has 1 heterocycles. The average molecular weight is 473 g/mol. The van der Waals surface area contributed by atoms with Gasteiger partial charge in [0, 0.05) is 12.2 Å². The van der Waals surface area contributed by atoms with Gasteiger partial charge >= 0.3 is 0 Å². The van der Waals surface area contributed by atoms with Crippen molar-refractivity contribution in [1.29, 1.82) is 0 Å². The number of nitrogens with zero attached hydrogens (tertiary/aromatic N) is 3. The monoisotopic (exact) mass is 472 g/mol. The highest BCUT2D eigenvalue weighted by Crippen LogP contribution is 2.30. The molecule has 0 bridgehead atoms. The lowest BCUT2D eigenvalue weighted by Crippen LogP contribution is -2.18. The Kier molecular flexibility index (Phi) is 8.21. The molecule has 2 aromatic carbocycles. The number of hydrogen-bond donors (Lipinski definition) is 1. The van der Waals surface area contributed by atoms with Crippen molar-refractivity contribution in [2.24, 2.45) is 5.92 Å².